The van der Waals surface area contributed by atoms with Gasteiger partial charge in [0.25, 0.3) is 0 Å². The van der Waals surface area contributed by atoms with Crippen molar-refractivity contribution in [3.8, 4) is 6.07 Å². The number of benzene rings is 1. The summed E-state index contributed by atoms with van der Waals surface area (Å²) in [6, 6.07) is 5.72. The van der Waals surface area contributed by atoms with Gasteiger partial charge in [0.2, 0.25) is 0 Å². The molecule has 1 aromatic rings. The maximum absolute atomic E-state index is 8.64. The summed E-state index contributed by atoms with van der Waals surface area (Å²) in [5.41, 5.74) is 2.59. The fraction of sp³-hybridized carbons (Fsp3) is 0.364. The smallest absolute Gasteiger partial charge is 0.0994 e. The van der Waals surface area contributed by atoms with Crippen molar-refractivity contribution in [3.63, 3.8) is 0 Å². The SMILES string of the molecule is CC.Cc1cc(C#N)c(C)cc1Cl. The van der Waals surface area contributed by atoms with E-state index in [1.165, 1.54) is 0 Å². The van der Waals surface area contributed by atoms with Crippen molar-refractivity contribution in [3.05, 3.63) is 33.8 Å². The van der Waals surface area contributed by atoms with Gasteiger partial charge in [0.1, 0.15) is 0 Å². The Bertz CT molecular complexity index is 324. The molecule has 0 saturated heterocycles. The van der Waals surface area contributed by atoms with Crippen molar-refractivity contribution in [2.45, 2.75) is 27.7 Å². The Morgan fingerprint density at radius 2 is 1.69 bits per heavy atom. The van der Waals surface area contributed by atoms with E-state index < -0.39 is 0 Å². The van der Waals surface area contributed by atoms with E-state index in [1.54, 1.807) is 6.07 Å². The highest BCUT2D eigenvalue weighted by Gasteiger charge is 2.00. The van der Waals surface area contributed by atoms with Crippen molar-refractivity contribution in [1.29, 1.82) is 5.26 Å². The molecule has 0 amide bonds. The predicted molar refractivity (Wildman–Crippen MR) is 57.0 cm³/mol. The van der Waals surface area contributed by atoms with E-state index >= 15 is 0 Å². The van der Waals surface area contributed by atoms with E-state index in [1.807, 2.05) is 33.8 Å². The van der Waals surface area contributed by atoms with Crippen molar-refractivity contribution in [2.75, 3.05) is 0 Å². The maximum atomic E-state index is 8.64. The molecule has 1 rings (SSSR count). The van der Waals surface area contributed by atoms with Crippen molar-refractivity contribution in [1.82, 2.24) is 0 Å². The fourth-order valence-corrected chi connectivity index (χ4v) is 1.12. The summed E-state index contributed by atoms with van der Waals surface area (Å²) in [5, 5.41) is 9.36. The monoisotopic (exact) mass is 195 g/mol. The third kappa shape index (κ3) is 3.08. The molecule has 70 valence electrons. The van der Waals surface area contributed by atoms with Gasteiger partial charge in [-0.25, -0.2) is 0 Å². The van der Waals surface area contributed by atoms with Gasteiger partial charge in [0.05, 0.1) is 11.6 Å². The number of halogens is 1. The van der Waals surface area contributed by atoms with Crippen LogP contribution in [0, 0.1) is 25.2 Å². The second kappa shape index (κ2) is 5.61. The number of aryl methyl sites for hydroxylation is 2. The average Bonchev–Trinajstić information content (AvgIpc) is 2.15. The van der Waals surface area contributed by atoms with Crippen LogP contribution in [0.2, 0.25) is 5.02 Å². The molecule has 0 heterocycles. The van der Waals surface area contributed by atoms with Gasteiger partial charge in [-0.15, -0.1) is 0 Å². The van der Waals surface area contributed by atoms with Crippen LogP contribution in [0.15, 0.2) is 12.1 Å². The van der Waals surface area contributed by atoms with Crippen LogP contribution in [0.1, 0.15) is 30.5 Å². The Hall–Kier alpha value is -1.000. The molecule has 0 saturated carbocycles. The van der Waals surface area contributed by atoms with Crippen LogP contribution in [0.25, 0.3) is 0 Å². The second-order valence-corrected chi connectivity index (χ2v) is 2.94. The molecule has 0 radical (unpaired) electrons. The number of rotatable bonds is 0. The predicted octanol–water partition coefficient (Wildman–Crippen LogP) is 3.85. The lowest BCUT2D eigenvalue weighted by molar-refractivity contribution is 1.35. The van der Waals surface area contributed by atoms with Crippen LogP contribution in [-0.2, 0) is 0 Å². The van der Waals surface area contributed by atoms with E-state index in [-0.39, 0.29) is 0 Å². The lowest BCUT2D eigenvalue weighted by Gasteiger charge is -2.00. The Morgan fingerprint density at radius 1 is 1.15 bits per heavy atom. The van der Waals surface area contributed by atoms with Crippen LogP contribution < -0.4 is 0 Å². The molecule has 0 bridgehead atoms. The van der Waals surface area contributed by atoms with Crippen molar-refractivity contribution >= 4 is 11.6 Å². The molecule has 13 heavy (non-hydrogen) atoms. The minimum absolute atomic E-state index is 0.701. The number of hydrogen-bond donors (Lipinski definition) is 0. The third-order valence-corrected chi connectivity index (χ3v) is 2.03. The molecular formula is C11H14ClN. The summed E-state index contributed by atoms with van der Waals surface area (Å²) >= 11 is 5.83. The highest BCUT2D eigenvalue weighted by molar-refractivity contribution is 6.31. The summed E-state index contributed by atoms with van der Waals surface area (Å²) in [4.78, 5) is 0. The molecule has 0 N–H and O–H groups in total. The molecule has 0 aliphatic heterocycles. The van der Waals surface area contributed by atoms with E-state index in [0.717, 1.165) is 16.1 Å². The third-order valence-electron chi connectivity index (χ3n) is 1.63. The van der Waals surface area contributed by atoms with Gasteiger partial charge < -0.3 is 0 Å². The van der Waals surface area contributed by atoms with Gasteiger partial charge in [-0.2, -0.15) is 5.26 Å². The van der Waals surface area contributed by atoms with Gasteiger partial charge in [0.15, 0.2) is 0 Å². The van der Waals surface area contributed by atoms with E-state index in [2.05, 4.69) is 6.07 Å². The second-order valence-electron chi connectivity index (χ2n) is 2.53. The Balaban J connectivity index is 0.000000671. The van der Waals surface area contributed by atoms with Crippen LogP contribution in [-0.4, -0.2) is 0 Å². The minimum Gasteiger partial charge on any atom is -0.192 e. The molecule has 0 fully saturated rings. The van der Waals surface area contributed by atoms with Crippen LogP contribution >= 0.6 is 11.6 Å². The van der Waals surface area contributed by atoms with E-state index in [9.17, 15) is 0 Å². The minimum atomic E-state index is 0.701. The molecular weight excluding hydrogens is 182 g/mol. The number of nitriles is 1. The number of hydrogen-bond acceptors (Lipinski definition) is 1. The highest BCUT2D eigenvalue weighted by Crippen LogP contribution is 2.19. The molecule has 0 aliphatic carbocycles. The van der Waals surface area contributed by atoms with Gasteiger partial charge in [-0.3, -0.25) is 0 Å². The zero-order valence-corrected chi connectivity index (χ0v) is 9.24. The number of nitrogens with zero attached hydrogens (tertiary/aromatic N) is 1. The zero-order valence-electron chi connectivity index (χ0n) is 8.48. The first kappa shape index (κ1) is 12.0. The molecule has 0 spiro atoms. The summed E-state index contributed by atoms with van der Waals surface area (Å²) in [6.07, 6.45) is 0. The topological polar surface area (TPSA) is 23.8 Å². The van der Waals surface area contributed by atoms with Crippen molar-refractivity contribution in [2.24, 2.45) is 0 Å². The zero-order chi connectivity index (χ0) is 10.4. The lowest BCUT2D eigenvalue weighted by Crippen LogP contribution is -1.84. The summed E-state index contributed by atoms with van der Waals surface area (Å²) in [6.45, 7) is 7.77. The summed E-state index contributed by atoms with van der Waals surface area (Å²) in [5.74, 6) is 0. The summed E-state index contributed by atoms with van der Waals surface area (Å²) in [7, 11) is 0. The van der Waals surface area contributed by atoms with Gasteiger partial charge in [0, 0.05) is 5.02 Å². The first-order valence-electron chi connectivity index (χ1n) is 4.32. The molecule has 1 aromatic carbocycles. The average molecular weight is 196 g/mol. The Morgan fingerprint density at radius 3 is 2.15 bits per heavy atom. The van der Waals surface area contributed by atoms with Gasteiger partial charge in [-0.1, -0.05) is 25.4 Å². The molecule has 0 aromatic heterocycles. The standard InChI is InChI=1S/C9H8ClN.C2H6/c1-6-4-9(10)7(2)3-8(6)5-11;1-2/h3-4H,1-2H3;1-2H3. The molecule has 1 nitrogen and oxygen atoms in total. The van der Waals surface area contributed by atoms with Gasteiger partial charge >= 0.3 is 0 Å². The molecule has 2 heteroatoms. The van der Waals surface area contributed by atoms with Crippen molar-refractivity contribution < 1.29 is 0 Å². The highest BCUT2D eigenvalue weighted by atomic mass is 35.5. The molecule has 0 atom stereocenters. The van der Waals surface area contributed by atoms with Crippen LogP contribution in [0.3, 0.4) is 0 Å². The van der Waals surface area contributed by atoms with E-state index in [4.69, 9.17) is 16.9 Å². The maximum Gasteiger partial charge on any atom is 0.0994 e. The van der Waals surface area contributed by atoms with Crippen LogP contribution in [0.4, 0.5) is 0 Å². The summed E-state index contributed by atoms with van der Waals surface area (Å²) < 4.78 is 0. The first-order chi connectivity index (χ1) is 6.15. The molecule has 0 unspecified atom stereocenters. The Labute approximate surface area is 85.0 Å². The largest absolute Gasteiger partial charge is 0.192 e. The normalized spacial score (nSPS) is 8.31. The van der Waals surface area contributed by atoms with Crippen LogP contribution in [0.5, 0.6) is 0 Å². The molecule has 0 aliphatic rings. The quantitative estimate of drug-likeness (QED) is 0.617. The fourth-order valence-electron chi connectivity index (χ4n) is 0.901. The van der Waals surface area contributed by atoms with E-state index in [0.29, 0.717) is 5.56 Å². The first-order valence-corrected chi connectivity index (χ1v) is 4.70. The van der Waals surface area contributed by atoms with Gasteiger partial charge in [-0.05, 0) is 37.1 Å². The Kier molecular flexibility index (Phi) is 5.18. The lowest BCUT2D eigenvalue weighted by atomic mass is 10.1.